The Balaban J connectivity index is 2.64. The van der Waals surface area contributed by atoms with Gasteiger partial charge in [-0.05, 0) is 25.5 Å². The first-order valence-corrected chi connectivity index (χ1v) is 6.04. The van der Waals surface area contributed by atoms with E-state index in [1.165, 1.54) is 0 Å². The molecule has 0 amide bonds. The van der Waals surface area contributed by atoms with E-state index in [2.05, 4.69) is 4.98 Å². The van der Waals surface area contributed by atoms with E-state index in [1.807, 2.05) is 51.1 Å². The van der Waals surface area contributed by atoms with Crippen LogP contribution >= 0.6 is 0 Å². The highest BCUT2D eigenvalue weighted by molar-refractivity contribution is 6.08. The number of nitrogens with zero attached hydrogens (tertiary/aromatic N) is 1. The lowest BCUT2D eigenvalue weighted by Gasteiger charge is -2.10. The Hall–Kier alpha value is -1.70. The number of ketones is 1. The Morgan fingerprint density at radius 3 is 2.76 bits per heavy atom. The molecule has 0 saturated heterocycles. The number of carbonyl (C=O) groups excluding carboxylic acids is 1. The van der Waals surface area contributed by atoms with Crippen LogP contribution in [0, 0.1) is 12.8 Å². The van der Waals surface area contributed by atoms with E-state index in [4.69, 9.17) is 0 Å². The van der Waals surface area contributed by atoms with Crippen molar-refractivity contribution in [3.63, 3.8) is 0 Å². The van der Waals surface area contributed by atoms with Gasteiger partial charge >= 0.3 is 0 Å². The summed E-state index contributed by atoms with van der Waals surface area (Å²) in [6, 6.07) is 9.73. The summed E-state index contributed by atoms with van der Waals surface area (Å²) in [4.78, 5) is 16.8. The van der Waals surface area contributed by atoms with Crippen molar-refractivity contribution in [2.75, 3.05) is 0 Å². The second-order valence-electron chi connectivity index (χ2n) is 4.50. The first-order valence-electron chi connectivity index (χ1n) is 6.04. The number of fused-ring (bicyclic) bond motifs is 1. The number of hydrogen-bond acceptors (Lipinski definition) is 2. The average Bonchev–Trinajstić information content (AvgIpc) is 2.35. The van der Waals surface area contributed by atoms with Crippen LogP contribution in [0.3, 0.4) is 0 Å². The highest BCUT2D eigenvalue weighted by Crippen LogP contribution is 2.22. The second-order valence-corrected chi connectivity index (χ2v) is 4.50. The van der Waals surface area contributed by atoms with Gasteiger partial charge in [0.2, 0.25) is 0 Å². The van der Waals surface area contributed by atoms with E-state index in [1.54, 1.807) is 0 Å². The number of aromatic nitrogens is 1. The lowest BCUT2D eigenvalue weighted by Crippen LogP contribution is -2.11. The minimum atomic E-state index is 0.0696. The van der Waals surface area contributed by atoms with Crippen LogP contribution in [0.5, 0.6) is 0 Å². The highest BCUT2D eigenvalue weighted by Gasteiger charge is 2.16. The monoisotopic (exact) mass is 227 g/mol. The summed E-state index contributed by atoms with van der Waals surface area (Å²) >= 11 is 0. The van der Waals surface area contributed by atoms with Gasteiger partial charge < -0.3 is 0 Å². The molecule has 0 bridgehead atoms. The van der Waals surface area contributed by atoms with Crippen molar-refractivity contribution in [3.8, 4) is 0 Å². The van der Waals surface area contributed by atoms with Crippen LogP contribution in [0.4, 0.5) is 0 Å². The van der Waals surface area contributed by atoms with Gasteiger partial charge in [0, 0.05) is 22.6 Å². The van der Waals surface area contributed by atoms with Gasteiger partial charge in [0.25, 0.3) is 0 Å². The highest BCUT2D eigenvalue weighted by atomic mass is 16.1. The summed E-state index contributed by atoms with van der Waals surface area (Å²) in [5, 5.41) is 0.961. The Morgan fingerprint density at radius 2 is 2.06 bits per heavy atom. The molecule has 0 fully saturated rings. The topological polar surface area (TPSA) is 30.0 Å². The number of benzene rings is 1. The number of carbonyl (C=O) groups is 1. The quantitative estimate of drug-likeness (QED) is 0.747. The smallest absolute Gasteiger partial charge is 0.166 e. The Bertz CT molecular complexity index is 560. The molecule has 0 saturated carbocycles. The zero-order valence-electron chi connectivity index (χ0n) is 10.5. The third-order valence-electron chi connectivity index (χ3n) is 3.17. The maximum absolute atomic E-state index is 12.3. The fourth-order valence-corrected chi connectivity index (χ4v) is 1.96. The van der Waals surface area contributed by atoms with Crippen molar-refractivity contribution in [2.24, 2.45) is 5.92 Å². The molecular formula is C15H17NO. The van der Waals surface area contributed by atoms with Crippen LogP contribution in [0.1, 0.15) is 36.3 Å². The molecule has 2 rings (SSSR count). The minimum absolute atomic E-state index is 0.0696. The molecular weight excluding hydrogens is 210 g/mol. The molecule has 0 radical (unpaired) electrons. The van der Waals surface area contributed by atoms with Gasteiger partial charge in [-0.1, -0.05) is 32.0 Å². The van der Waals surface area contributed by atoms with Crippen molar-refractivity contribution >= 4 is 16.7 Å². The standard InChI is InChI=1S/C15H17NO/c1-4-10(2)15(17)13-9-11(3)16-14-8-6-5-7-12(13)14/h5-10H,4H2,1-3H3. The van der Waals surface area contributed by atoms with E-state index < -0.39 is 0 Å². The van der Waals surface area contributed by atoms with Crippen LogP contribution in [0.15, 0.2) is 30.3 Å². The maximum Gasteiger partial charge on any atom is 0.166 e. The van der Waals surface area contributed by atoms with E-state index in [0.29, 0.717) is 0 Å². The van der Waals surface area contributed by atoms with E-state index in [9.17, 15) is 4.79 Å². The third-order valence-corrected chi connectivity index (χ3v) is 3.17. The molecule has 2 nitrogen and oxygen atoms in total. The van der Waals surface area contributed by atoms with Crippen molar-refractivity contribution in [3.05, 3.63) is 41.6 Å². The zero-order chi connectivity index (χ0) is 12.4. The Kier molecular flexibility index (Phi) is 3.23. The number of Topliss-reactive ketones (excluding diaryl/α,β-unsaturated/α-hetero) is 1. The fraction of sp³-hybridized carbons (Fsp3) is 0.333. The van der Waals surface area contributed by atoms with E-state index in [-0.39, 0.29) is 11.7 Å². The molecule has 0 aliphatic carbocycles. The normalized spacial score (nSPS) is 12.6. The molecule has 1 aromatic heterocycles. The molecule has 1 aromatic carbocycles. The van der Waals surface area contributed by atoms with E-state index >= 15 is 0 Å². The molecule has 0 aliphatic rings. The molecule has 88 valence electrons. The molecule has 1 atom stereocenters. The maximum atomic E-state index is 12.3. The summed E-state index contributed by atoms with van der Waals surface area (Å²) in [5.74, 6) is 0.286. The molecule has 0 spiro atoms. The minimum Gasteiger partial charge on any atom is -0.294 e. The molecule has 0 aliphatic heterocycles. The van der Waals surface area contributed by atoms with Crippen molar-refractivity contribution in [1.82, 2.24) is 4.98 Å². The Labute approximate surface area is 102 Å². The van der Waals surface area contributed by atoms with Gasteiger partial charge in [0.15, 0.2) is 5.78 Å². The molecule has 0 N–H and O–H groups in total. The summed E-state index contributed by atoms with van der Waals surface area (Å²) in [7, 11) is 0. The summed E-state index contributed by atoms with van der Waals surface area (Å²) < 4.78 is 0. The SMILES string of the molecule is CCC(C)C(=O)c1cc(C)nc2ccccc12. The van der Waals surface area contributed by atoms with Gasteiger partial charge in [0.05, 0.1) is 5.52 Å². The van der Waals surface area contributed by atoms with Crippen molar-refractivity contribution in [1.29, 1.82) is 0 Å². The molecule has 2 aromatic rings. The van der Waals surface area contributed by atoms with Crippen molar-refractivity contribution in [2.45, 2.75) is 27.2 Å². The van der Waals surface area contributed by atoms with E-state index in [0.717, 1.165) is 28.6 Å². The Morgan fingerprint density at radius 1 is 1.35 bits per heavy atom. The van der Waals surface area contributed by atoms with Gasteiger partial charge in [-0.15, -0.1) is 0 Å². The number of hydrogen-bond donors (Lipinski definition) is 0. The van der Waals surface area contributed by atoms with Crippen LogP contribution < -0.4 is 0 Å². The predicted octanol–water partition coefficient (Wildman–Crippen LogP) is 3.77. The second kappa shape index (κ2) is 4.66. The lowest BCUT2D eigenvalue weighted by molar-refractivity contribution is 0.0929. The number of pyridine rings is 1. The summed E-state index contributed by atoms with van der Waals surface area (Å²) in [5.41, 5.74) is 2.61. The van der Waals surface area contributed by atoms with Gasteiger partial charge in [-0.25, -0.2) is 0 Å². The molecule has 2 heteroatoms. The number of aryl methyl sites for hydroxylation is 1. The summed E-state index contributed by atoms with van der Waals surface area (Å²) in [6.45, 7) is 5.95. The third kappa shape index (κ3) is 2.21. The number of rotatable bonds is 3. The predicted molar refractivity (Wildman–Crippen MR) is 70.3 cm³/mol. The zero-order valence-corrected chi connectivity index (χ0v) is 10.5. The first kappa shape index (κ1) is 11.8. The van der Waals surface area contributed by atoms with Crippen LogP contribution in [0.2, 0.25) is 0 Å². The van der Waals surface area contributed by atoms with Gasteiger partial charge in [-0.2, -0.15) is 0 Å². The molecule has 1 unspecified atom stereocenters. The fourth-order valence-electron chi connectivity index (χ4n) is 1.96. The van der Waals surface area contributed by atoms with Crippen molar-refractivity contribution < 1.29 is 4.79 Å². The average molecular weight is 227 g/mol. The number of para-hydroxylation sites is 1. The van der Waals surface area contributed by atoms with Crippen LogP contribution in [-0.4, -0.2) is 10.8 Å². The lowest BCUT2D eigenvalue weighted by atomic mass is 9.94. The van der Waals surface area contributed by atoms with Crippen LogP contribution in [-0.2, 0) is 0 Å². The van der Waals surface area contributed by atoms with Crippen LogP contribution in [0.25, 0.3) is 10.9 Å². The van der Waals surface area contributed by atoms with Gasteiger partial charge in [-0.3, -0.25) is 9.78 Å². The first-order chi connectivity index (χ1) is 8.13. The summed E-state index contributed by atoms with van der Waals surface area (Å²) in [6.07, 6.45) is 0.870. The van der Waals surface area contributed by atoms with Gasteiger partial charge in [0.1, 0.15) is 0 Å². The molecule has 17 heavy (non-hydrogen) atoms. The molecule has 1 heterocycles. The largest absolute Gasteiger partial charge is 0.294 e.